The Kier molecular flexibility index (Phi) is 3.58. The third-order valence-corrected chi connectivity index (χ3v) is 4.89. The number of rotatable bonds is 1. The molecule has 102 valence electrons. The molecule has 0 radical (unpaired) electrons. The first kappa shape index (κ1) is 14.0. The van der Waals surface area contributed by atoms with E-state index in [0.717, 1.165) is 11.0 Å². The van der Waals surface area contributed by atoms with E-state index < -0.39 is 0 Å². The van der Waals surface area contributed by atoms with E-state index in [9.17, 15) is 0 Å². The standard InChI is InChI=1S/C13H7BrCl3N3/c14-7-2-4-9(12(17)11(7)16)20-10-5-6(15)1-3-8(10)19-13(20)18/h1-5H,(H2,18,19). The average Bonchev–Trinajstić information content (AvgIpc) is 2.72. The Morgan fingerprint density at radius 2 is 1.80 bits per heavy atom. The fourth-order valence-electron chi connectivity index (χ4n) is 2.01. The molecule has 3 aromatic rings. The van der Waals surface area contributed by atoms with E-state index in [2.05, 4.69) is 20.9 Å². The molecule has 0 saturated heterocycles. The second-order valence-electron chi connectivity index (χ2n) is 4.13. The first-order valence-electron chi connectivity index (χ1n) is 5.56. The number of nitrogens with two attached hydrogens (primary N) is 1. The van der Waals surface area contributed by atoms with E-state index >= 15 is 0 Å². The number of imidazole rings is 1. The molecule has 3 rings (SSSR count). The summed E-state index contributed by atoms with van der Waals surface area (Å²) in [5, 5.41) is 1.41. The van der Waals surface area contributed by atoms with Crippen LogP contribution in [-0.4, -0.2) is 9.55 Å². The number of nitrogen functional groups attached to an aromatic ring is 1. The molecule has 0 aliphatic carbocycles. The zero-order chi connectivity index (χ0) is 14.4. The van der Waals surface area contributed by atoms with Crippen LogP contribution in [-0.2, 0) is 0 Å². The van der Waals surface area contributed by atoms with Crippen molar-refractivity contribution in [3.63, 3.8) is 0 Å². The number of aromatic nitrogens is 2. The Balaban J connectivity index is 2.37. The minimum Gasteiger partial charge on any atom is -0.369 e. The zero-order valence-electron chi connectivity index (χ0n) is 9.87. The summed E-state index contributed by atoms with van der Waals surface area (Å²) < 4.78 is 2.44. The van der Waals surface area contributed by atoms with E-state index in [1.54, 1.807) is 28.8 Å². The van der Waals surface area contributed by atoms with Crippen LogP contribution in [0.15, 0.2) is 34.8 Å². The number of hydrogen-bond donors (Lipinski definition) is 1. The summed E-state index contributed by atoms with van der Waals surface area (Å²) in [7, 11) is 0. The summed E-state index contributed by atoms with van der Waals surface area (Å²) >= 11 is 21.8. The predicted molar refractivity (Wildman–Crippen MR) is 88.2 cm³/mol. The monoisotopic (exact) mass is 389 g/mol. The molecule has 20 heavy (non-hydrogen) atoms. The topological polar surface area (TPSA) is 43.8 Å². The molecule has 0 bridgehead atoms. The van der Waals surface area contributed by atoms with Crippen LogP contribution < -0.4 is 5.73 Å². The van der Waals surface area contributed by atoms with Crippen LogP contribution >= 0.6 is 50.7 Å². The maximum atomic E-state index is 6.30. The lowest BCUT2D eigenvalue weighted by Crippen LogP contribution is -2.01. The molecular formula is C13H7BrCl3N3. The minimum atomic E-state index is 0.322. The Hall–Kier alpha value is -0.940. The van der Waals surface area contributed by atoms with Crippen molar-refractivity contribution in [2.24, 2.45) is 0 Å². The van der Waals surface area contributed by atoms with Gasteiger partial charge in [0.2, 0.25) is 5.95 Å². The molecule has 0 unspecified atom stereocenters. The summed E-state index contributed by atoms with van der Waals surface area (Å²) in [5.74, 6) is 0.322. The van der Waals surface area contributed by atoms with Gasteiger partial charge in [-0.2, -0.15) is 0 Å². The molecule has 0 atom stereocenters. The van der Waals surface area contributed by atoms with Crippen LogP contribution in [0.3, 0.4) is 0 Å². The number of fused-ring (bicyclic) bond motifs is 1. The summed E-state index contributed by atoms with van der Waals surface area (Å²) in [4.78, 5) is 4.29. The molecule has 1 aromatic heterocycles. The van der Waals surface area contributed by atoms with Gasteiger partial charge in [-0.05, 0) is 46.3 Å². The molecule has 0 aliphatic heterocycles. The SMILES string of the molecule is Nc1nc2ccc(Cl)cc2n1-c1ccc(Br)c(Cl)c1Cl. The smallest absolute Gasteiger partial charge is 0.205 e. The highest BCUT2D eigenvalue weighted by molar-refractivity contribution is 9.10. The zero-order valence-corrected chi connectivity index (χ0v) is 13.7. The molecule has 7 heteroatoms. The van der Waals surface area contributed by atoms with Gasteiger partial charge >= 0.3 is 0 Å². The number of benzene rings is 2. The van der Waals surface area contributed by atoms with Crippen molar-refractivity contribution in [3.8, 4) is 5.69 Å². The minimum absolute atomic E-state index is 0.322. The second-order valence-corrected chi connectivity index (χ2v) is 6.18. The Labute approximate surface area is 138 Å². The van der Waals surface area contributed by atoms with Crippen molar-refractivity contribution >= 4 is 67.7 Å². The number of nitrogens with zero attached hydrogens (tertiary/aromatic N) is 2. The normalized spacial score (nSPS) is 11.2. The van der Waals surface area contributed by atoms with Crippen molar-refractivity contribution in [3.05, 3.63) is 49.9 Å². The maximum Gasteiger partial charge on any atom is 0.205 e. The fourth-order valence-corrected chi connectivity index (χ4v) is 3.03. The number of halogens is 4. The van der Waals surface area contributed by atoms with Crippen LogP contribution in [0.4, 0.5) is 5.95 Å². The van der Waals surface area contributed by atoms with E-state index in [0.29, 0.717) is 31.2 Å². The van der Waals surface area contributed by atoms with Gasteiger partial charge in [-0.15, -0.1) is 0 Å². The lowest BCUT2D eigenvalue weighted by Gasteiger charge is -2.11. The quantitative estimate of drug-likeness (QED) is 0.570. The highest BCUT2D eigenvalue weighted by Gasteiger charge is 2.16. The fraction of sp³-hybridized carbons (Fsp3) is 0. The Morgan fingerprint density at radius 1 is 1.05 bits per heavy atom. The highest BCUT2D eigenvalue weighted by Crippen LogP contribution is 2.37. The van der Waals surface area contributed by atoms with Crippen LogP contribution in [0, 0.1) is 0 Å². The molecule has 0 saturated carbocycles. The number of hydrogen-bond acceptors (Lipinski definition) is 2. The van der Waals surface area contributed by atoms with Crippen LogP contribution in [0.2, 0.25) is 15.1 Å². The summed E-state index contributed by atoms with van der Waals surface area (Å²) in [6.45, 7) is 0. The summed E-state index contributed by atoms with van der Waals surface area (Å²) in [6, 6.07) is 8.97. The molecule has 2 aromatic carbocycles. The van der Waals surface area contributed by atoms with Gasteiger partial charge in [0.15, 0.2) is 0 Å². The van der Waals surface area contributed by atoms with E-state index in [1.807, 2.05) is 6.07 Å². The van der Waals surface area contributed by atoms with E-state index in [1.165, 1.54) is 0 Å². The number of anilines is 1. The van der Waals surface area contributed by atoms with Crippen molar-refractivity contribution in [2.45, 2.75) is 0 Å². The van der Waals surface area contributed by atoms with E-state index in [-0.39, 0.29) is 0 Å². The molecular weight excluding hydrogens is 384 g/mol. The van der Waals surface area contributed by atoms with Crippen molar-refractivity contribution < 1.29 is 0 Å². The first-order valence-corrected chi connectivity index (χ1v) is 7.49. The van der Waals surface area contributed by atoms with Gasteiger partial charge in [0.25, 0.3) is 0 Å². The van der Waals surface area contributed by atoms with Gasteiger partial charge in [-0.25, -0.2) is 4.98 Å². The van der Waals surface area contributed by atoms with E-state index in [4.69, 9.17) is 40.5 Å². The molecule has 2 N–H and O–H groups in total. The maximum absolute atomic E-state index is 6.30. The van der Waals surface area contributed by atoms with Crippen LogP contribution in [0.25, 0.3) is 16.7 Å². The summed E-state index contributed by atoms with van der Waals surface area (Å²) in [5.41, 5.74) is 8.15. The van der Waals surface area contributed by atoms with Crippen molar-refractivity contribution in [1.82, 2.24) is 9.55 Å². The van der Waals surface area contributed by atoms with Gasteiger partial charge in [0, 0.05) is 9.50 Å². The average molecular weight is 391 g/mol. The Morgan fingerprint density at radius 3 is 2.55 bits per heavy atom. The van der Waals surface area contributed by atoms with Gasteiger partial charge < -0.3 is 5.73 Å². The third kappa shape index (κ3) is 2.17. The van der Waals surface area contributed by atoms with Gasteiger partial charge in [0.05, 0.1) is 26.8 Å². The molecule has 1 heterocycles. The van der Waals surface area contributed by atoms with Crippen molar-refractivity contribution in [2.75, 3.05) is 5.73 Å². The lowest BCUT2D eigenvalue weighted by molar-refractivity contribution is 1.11. The van der Waals surface area contributed by atoms with Crippen molar-refractivity contribution in [1.29, 1.82) is 0 Å². The molecule has 0 fully saturated rings. The molecule has 0 amide bonds. The van der Waals surface area contributed by atoms with Gasteiger partial charge in [-0.3, -0.25) is 4.57 Å². The van der Waals surface area contributed by atoms with Gasteiger partial charge in [-0.1, -0.05) is 34.8 Å². The molecule has 0 aliphatic rings. The van der Waals surface area contributed by atoms with Crippen LogP contribution in [0.1, 0.15) is 0 Å². The Bertz CT molecular complexity index is 829. The van der Waals surface area contributed by atoms with Crippen LogP contribution in [0.5, 0.6) is 0 Å². The lowest BCUT2D eigenvalue weighted by atomic mass is 10.2. The third-order valence-electron chi connectivity index (χ3n) is 2.90. The molecule has 3 nitrogen and oxygen atoms in total. The summed E-state index contributed by atoms with van der Waals surface area (Å²) in [6.07, 6.45) is 0. The first-order chi connectivity index (χ1) is 9.49. The largest absolute Gasteiger partial charge is 0.369 e. The highest BCUT2D eigenvalue weighted by atomic mass is 79.9. The predicted octanol–water partition coefficient (Wildman–Crippen LogP) is 5.33. The van der Waals surface area contributed by atoms with Gasteiger partial charge in [0.1, 0.15) is 0 Å². The second kappa shape index (κ2) is 5.11. The molecule has 0 spiro atoms.